The average Bonchev–Trinajstić information content (AvgIpc) is 2.86. The minimum atomic E-state index is 0.184. The Morgan fingerprint density at radius 3 is 2.32 bits per heavy atom. The predicted octanol–water partition coefficient (Wildman–Crippen LogP) is 4.70. The summed E-state index contributed by atoms with van der Waals surface area (Å²) >= 11 is 0. The second-order valence-electron chi connectivity index (χ2n) is 7.28. The minimum Gasteiger partial charge on any atom is -0.348 e. The molecule has 0 aliphatic carbocycles. The molecule has 0 fully saturated rings. The van der Waals surface area contributed by atoms with Gasteiger partial charge in [-0.1, -0.05) is 32.9 Å². The molecule has 22 heavy (non-hydrogen) atoms. The lowest BCUT2D eigenvalue weighted by Gasteiger charge is -2.25. The fourth-order valence-corrected chi connectivity index (χ4v) is 2.90. The van der Waals surface area contributed by atoms with Crippen molar-refractivity contribution in [3.63, 3.8) is 0 Å². The van der Waals surface area contributed by atoms with Crippen molar-refractivity contribution in [1.82, 2.24) is 4.98 Å². The Bertz CT molecular complexity index is 653. The SMILES string of the molecule is CC(C)N1CN(c2ccc(C(C)(C)C)cc2)c2ncccc21. The number of pyridine rings is 1. The van der Waals surface area contributed by atoms with Gasteiger partial charge < -0.3 is 9.80 Å². The lowest BCUT2D eigenvalue weighted by molar-refractivity contribution is 0.590. The van der Waals surface area contributed by atoms with Gasteiger partial charge in [0.05, 0.1) is 12.4 Å². The number of rotatable bonds is 2. The zero-order chi connectivity index (χ0) is 15.9. The molecular weight excluding hydrogens is 270 g/mol. The van der Waals surface area contributed by atoms with Crippen molar-refractivity contribution >= 4 is 17.2 Å². The standard InChI is InChI=1S/C19H25N3/c1-14(2)21-13-22(18-17(21)7-6-12-20-18)16-10-8-15(9-11-16)19(3,4)5/h6-12,14H,13H2,1-5H3. The largest absolute Gasteiger partial charge is 0.348 e. The number of fused-ring (bicyclic) bond motifs is 1. The zero-order valence-electron chi connectivity index (χ0n) is 14.2. The first-order chi connectivity index (χ1) is 10.4. The third-order valence-electron chi connectivity index (χ3n) is 4.29. The highest BCUT2D eigenvalue weighted by Crippen LogP contribution is 2.39. The number of hydrogen-bond donors (Lipinski definition) is 0. The van der Waals surface area contributed by atoms with E-state index in [0.717, 1.165) is 12.5 Å². The van der Waals surface area contributed by atoms with Crippen molar-refractivity contribution in [3.05, 3.63) is 48.2 Å². The summed E-state index contributed by atoms with van der Waals surface area (Å²) in [6, 6.07) is 13.5. The maximum atomic E-state index is 4.61. The minimum absolute atomic E-state index is 0.184. The van der Waals surface area contributed by atoms with Crippen LogP contribution >= 0.6 is 0 Å². The van der Waals surface area contributed by atoms with Crippen molar-refractivity contribution in [2.45, 2.75) is 46.1 Å². The van der Waals surface area contributed by atoms with Crippen LogP contribution in [0.2, 0.25) is 0 Å². The fourth-order valence-electron chi connectivity index (χ4n) is 2.90. The summed E-state index contributed by atoms with van der Waals surface area (Å²) in [7, 11) is 0. The predicted molar refractivity (Wildman–Crippen MR) is 94.0 cm³/mol. The first-order valence-electron chi connectivity index (χ1n) is 7.97. The van der Waals surface area contributed by atoms with Crippen LogP contribution in [0.15, 0.2) is 42.6 Å². The van der Waals surface area contributed by atoms with Crippen LogP contribution in [0, 0.1) is 0 Å². The molecule has 3 nitrogen and oxygen atoms in total. The first-order valence-corrected chi connectivity index (χ1v) is 7.97. The molecular formula is C19H25N3. The van der Waals surface area contributed by atoms with E-state index in [1.54, 1.807) is 0 Å². The summed E-state index contributed by atoms with van der Waals surface area (Å²) in [5.41, 5.74) is 3.97. The van der Waals surface area contributed by atoms with E-state index in [1.165, 1.54) is 16.9 Å². The molecule has 3 heteroatoms. The normalized spacial score (nSPS) is 14.6. The summed E-state index contributed by atoms with van der Waals surface area (Å²) in [4.78, 5) is 9.29. The lowest BCUT2D eigenvalue weighted by Crippen LogP contribution is -2.33. The molecule has 0 unspecified atom stereocenters. The molecule has 0 amide bonds. The Hall–Kier alpha value is -2.03. The van der Waals surface area contributed by atoms with Crippen LogP contribution in [0.4, 0.5) is 17.2 Å². The molecule has 1 aliphatic heterocycles. The van der Waals surface area contributed by atoms with Gasteiger partial charge in [-0.05, 0) is 49.1 Å². The Kier molecular flexibility index (Phi) is 3.59. The quantitative estimate of drug-likeness (QED) is 0.800. The van der Waals surface area contributed by atoms with Crippen molar-refractivity contribution in [2.24, 2.45) is 0 Å². The van der Waals surface area contributed by atoms with Crippen molar-refractivity contribution in [1.29, 1.82) is 0 Å². The van der Waals surface area contributed by atoms with Gasteiger partial charge in [0.25, 0.3) is 0 Å². The van der Waals surface area contributed by atoms with E-state index >= 15 is 0 Å². The van der Waals surface area contributed by atoms with Gasteiger partial charge in [-0.3, -0.25) is 0 Å². The molecule has 0 N–H and O–H groups in total. The smallest absolute Gasteiger partial charge is 0.158 e. The molecule has 1 aliphatic rings. The van der Waals surface area contributed by atoms with E-state index in [0.29, 0.717) is 6.04 Å². The van der Waals surface area contributed by atoms with Gasteiger partial charge in [-0.2, -0.15) is 0 Å². The van der Waals surface area contributed by atoms with Gasteiger partial charge in [0, 0.05) is 17.9 Å². The highest BCUT2D eigenvalue weighted by Gasteiger charge is 2.29. The molecule has 0 saturated carbocycles. The van der Waals surface area contributed by atoms with E-state index in [4.69, 9.17) is 0 Å². The fraction of sp³-hybridized carbons (Fsp3) is 0.421. The summed E-state index contributed by atoms with van der Waals surface area (Å²) in [5, 5.41) is 0. The number of anilines is 3. The molecule has 1 aromatic carbocycles. The van der Waals surface area contributed by atoms with Crippen LogP contribution in [-0.2, 0) is 5.41 Å². The summed E-state index contributed by atoms with van der Waals surface area (Å²) in [6.07, 6.45) is 1.87. The van der Waals surface area contributed by atoms with Crippen LogP contribution in [0.3, 0.4) is 0 Å². The number of hydrogen-bond acceptors (Lipinski definition) is 3. The Morgan fingerprint density at radius 1 is 1.05 bits per heavy atom. The van der Waals surface area contributed by atoms with E-state index in [2.05, 4.69) is 79.7 Å². The van der Waals surface area contributed by atoms with Crippen molar-refractivity contribution < 1.29 is 0 Å². The molecule has 3 rings (SSSR count). The molecule has 116 valence electrons. The van der Waals surface area contributed by atoms with Crippen LogP contribution in [-0.4, -0.2) is 17.7 Å². The topological polar surface area (TPSA) is 19.4 Å². The average molecular weight is 295 g/mol. The molecule has 2 aromatic rings. The van der Waals surface area contributed by atoms with Gasteiger partial charge in [0.15, 0.2) is 5.82 Å². The van der Waals surface area contributed by atoms with E-state index in [9.17, 15) is 0 Å². The molecule has 2 heterocycles. The monoisotopic (exact) mass is 295 g/mol. The zero-order valence-corrected chi connectivity index (χ0v) is 14.2. The number of nitrogens with zero attached hydrogens (tertiary/aromatic N) is 3. The summed E-state index contributed by atoms with van der Waals surface area (Å²) in [5.74, 6) is 1.06. The third-order valence-corrected chi connectivity index (χ3v) is 4.29. The molecule has 0 atom stereocenters. The second kappa shape index (κ2) is 5.31. The summed E-state index contributed by atoms with van der Waals surface area (Å²) in [6.45, 7) is 12.0. The molecule has 0 spiro atoms. The Morgan fingerprint density at radius 2 is 1.73 bits per heavy atom. The Balaban J connectivity index is 1.96. The Labute approximate surface area is 133 Å². The first kappa shape index (κ1) is 14.9. The highest BCUT2D eigenvalue weighted by atomic mass is 15.4. The van der Waals surface area contributed by atoms with Crippen molar-refractivity contribution in [2.75, 3.05) is 16.5 Å². The molecule has 1 aromatic heterocycles. The number of benzene rings is 1. The molecule has 0 saturated heterocycles. The van der Waals surface area contributed by atoms with Gasteiger partial charge in [0.1, 0.15) is 0 Å². The van der Waals surface area contributed by atoms with Crippen LogP contribution in [0.1, 0.15) is 40.2 Å². The van der Waals surface area contributed by atoms with Crippen LogP contribution < -0.4 is 9.80 Å². The van der Waals surface area contributed by atoms with E-state index in [-0.39, 0.29) is 5.41 Å². The van der Waals surface area contributed by atoms with Crippen LogP contribution in [0.5, 0.6) is 0 Å². The second-order valence-corrected chi connectivity index (χ2v) is 7.28. The van der Waals surface area contributed by atoms with Crippen molar-refractivity contribution in [3.8, 4) is 0 Å². The van der Waals surface area contributed by atoms with Crippen LogP contribution in [0.25, 0.3) is 0 Å². The maximum absolute atomic E-state index is 4.61. The van der Waals surface area contributed by atoms with Gasteiger partial charge in [-0.25, -0.2) is 4.98 Å². The molecule has 0 radical (unpaired) electrons. The summed E-state index contributed by atoms with van der Waals surface area (Å²) < 4.78 is 0. The maximum Gasteiger partial charge on any atom is 0.158 e. The van der Waals surface area contributed by atoms with E-state index in [1.807, 2.05) is 12.3 Å². The lowest BCUT2D eigenvalue weighted by atomic mass is 9.87. The molecule has 0 bridgehead atoms. The highest BCUT2D eigenvalue weighted by molar-refractivity contribution is 5.79. The van der Waals surface area contributed by atoms with E-state index < -0.39 is 0 Å². The van der Waals surface area contributed by atoms with Gasteiger partial charge in [0.2, 0.25) is 0 Å². The van der Waals surface area contributed by atoms with Gasteiger partial charge in [-0.15, -0.1) is 0 Å². The number of aromatic nitrogens is 1. The van der Waals surface area contributed by atoms with Gasteiger partial charge >= 0.3 is 0 Å². The third kappa shape index (κ3) is 2.56.